The lowest BCUT2D eigenvalue weighted by molar-refractivity contribution is 0.289. The third kappa shape index (κ3) is 3.33. The third-order valence-electron chi connectivity index (χ3n) is 4.60. The van der Waals surface area contributed by atoms with Gasteiger partial charge in [-0.2, -0.15) is 0 Å². The lowest BCUT2D eigenvalue weighted by atomic mass is 10.1. The van der Waals surface area contributed by atoms with Crippen LogP contribution < -0.4 is 4.74 Å². The zero-order valence-electron chi connectivity index (χ0n) is 15.1. The standard InChI is InChI=1S/C23H22N2O/c1-17-12-13-22(18(2)14-17)26-16-23-24-20-10-6-7-11-21(20)25(23)15-19-8-4-3-5-9-19/h3-14H,15-16H2,1-2H3. The molecule has 0 fully saturated rings. The Balaban J connectivity index is 1.66. The van der Waals surface area contributed by atoms with Gasteiger partial charge in [0.1, 0.15) is 18.2 Å². The molecule has 0 amide bonds. The molecule has 4 rings (SSSR count). The van der Waals surface area contributed by atoms with Crippen LogP contribution in [-0.2, 0) is 13.2 Å². The van der Waals surface area contributed by atoms with Crippen molar-refractivity contribution in [1.29, 1.82) is 0 Å². The fourth-order valence-electron chi connectivity index (χ4n) is 3.28. The van der Waals surface area contributed by atoms with E-state index in [0.717, 1.165) is 34.7 Å². The van der Waals surface area contributed by atoms with Gasteiger partial charge >= 0.3 is 0 Å². The molecule has 0 radical (unpaired) electrons. The lowest BCUT2D eigenvalue weighted by Gasteiger charge is -2.12. The summed E-state index contributed by atoms with van der Waals surface area (Å²) < 4.78 is 8.35. The summed E-state index contributed by atoms with van der Waals surface area (Å²) in [5, 5.41) is 0. The molecular weight excluding hydrogens is 320 g/mol. The van der Waals surface area contributed by atoms with Gasteiger partial charge in [0, 0.05) is 6.54 Å². The first-order valence-electron chi connectivity index (χ1n) is 8.89. The van der Waals surface area contributed by atoms with Crippen molar-refractivity contribution in [1.82, 2.24) is 9.55 Å². The highest BCUT2D eigenvalue weighted by molar-refractivity contribution is 5.76. The fraction of sp³-hybridized carbons (Fsp3) is 0.174. The third-order valence-corrected chi connectivity index (χ3v) is 4.60. The number of hydrogen-bond acceptors (Lipinski definition) is 2. The molecule has 0 saturated heterocycles. The fourth-order valence-corrected chi connectivity index (χ4v) is 3.28. The summed E-state index contributed by atoms with van der Waals surface area (Å²) in [7, 11) is 0. The van der Waals surface area contributed by atoms with E-state index in [-0.39, 0.29) is 0 Å². The Kier molecular flexibility index (Phi) is 4.44. The van der Waals surface area contributed by atoms with Crippen LogP contribution in [0, 0.1) is 13.8 Å². The summed E-state index contributed by atoms with van der Waals surface area (Å²) in [5.41, 5.74) is 5.78. The number of hydrogen-bond donors (Lipinski definition) is 0. The molecule has 0 aliphatic carbocycles. The first-order chi connectivity index (χ1) is 12.7. The van der Waals surface area contributed by atoms with Crippen molar-refractivity contribution in [2.24, 2.45) is 0 Å². The maximum atomic E-state index is 6.10. The predicted molar refractivity (Wildman–Crippen MR) is 106 cm³/mol. The number of nitrogens with zero attached hydrogens (tertiary/aromatic N) is 2. The minimum Gasteiger partial charge on any atom is -0.485 e. The average molecular weight is 342 g/mol. The highest BCUT2D eigenvalue weighted by atomic mass is 16.5. The van der Waals surface area contributed by atoms with Gasteiger partial charge in [-0.25, -0.2) is 4.98 Å². The molecule has 26 heavy (non-hydrogen) atoms. The van der Waals surface area contributed by atoms with Gasteiger partial charge in [-0.05, 0) is 43.2 Å². The molecule has 1 heterocycles. The van der Waals surface area contributed by atoms with Crippen LogP contribution >= 0.6 is 0 Å². The average Bonchev–Trinajstić information content (AvgIpc) is 3.00. The van der Waals surface area contributed by atoms with Gasteiger partial charge in [0.15, 0.2) is 0 Å². The molecule has 3 nitrogen and oxygen atoms in total. The summed E-state index contributed by atoms with van der Waals surface area (Å²) in [5.74, 6) is 1.85. The van der Waals surface area contributed by atoms with Gasteiger partial charge in [-0.1, -0.05) is 60.2 Å². The number of rotatable bonds is 5. The normalized spacial score (nSPS) is 11.0. The summed E-state index contributed by atoms with van der Waals surface area (Å²) in [4.78, 5) is 4.81. The first-order valence-corrected chi connectivity index (χ1v) is 8.89. The maximum absolute atomic E-state index is 6.10. The summed E-state index contributed by atoms with van der Waals surface area (Å²) in [6.07, 6.45) is 0. The number of aromatic nitrogens is 2. The molecule has 0 aliphatic heterocycles. The Labute approximate surface area is 153 Å². The Morgan fingerprint density at radius 1 is 0.885 bits per heavy atom. The second-order valence-corrected chi connectivity index (χ2v) is 6.65. The Morgan fingerprint density at radius 2 is 1.65 bits per heavy atom. The Bertz CT molecular complexity index is 1030. The van der Waals surface area contributed by atoms with E-state index in [2.05, 4.69) is 73.0 Å². The summed E-state index contributed by atoms with van der Waals surface area (Å²) in [6, 6.07) is 25.0. The van der Waals surface area contributed by atoms with Crippen LogP contribution in [0.3, 0.4) is 0 Å². The maximum Gasteiger partial charge on any atom is 0.148 e. The van der Waals surface area contributed by atoms with Crippen LogP contribution in [0.5, 0.6) is 5.75 Å². The van der Waals surface area contributed by atoms with E-state index in [1.165, 1.54) is 11.1 Å². The van der Waals surface area contributed by atoms with Crippen LogP contribution in [-0.4, -0.2) is 9.55 Å². The zero-order valence-corrected chi connectivity index (χ0v) is 15.1. The smallest absolute Gasteiger partial charge is 0.148 e. The summed E-state index contributed by atoms with van der Waals surface area (Å²) >= 11 is 0. The Hall–Kier alpha value is -3.07. The molecule has 1 aromatic heterocycles. The number of ether oxygens (including phenoxy) is 1. The van der Waals surface area contributed by atoms with Crippen molar-refractivity contribution in [3.63, 3.8) is 0 Å². The molecule has 3 aromatic carbocycles. The highest BCUT2D eigenvalue weighted by Crippen LogP contribution is 2.22. The Morgan fingerprint density at radius 3 is 2.46 bits per heavy atom. The van der Waals surface area contributed by atoms with Crippen LogP contribution in [0.15, 0.2) is 72.8 Å². The SMILES string of the molecule is Cc1ccc(OCc2nc3ccccc3n2Cc2ccccc2)c(C)c1. The minimum absolute atomic E-state index is 0.450. The number of benzene rings is 3. The van der Waals surface area contributed by atoms with Crippen LogP contribution in [0.25, 0.3) is 11.0 Å². The number of para-hydroxylation sites is 2. The van der Waals surface area contributed by atoms with Crippen molar-refractivity contribution in [2.45, 2.75) is 27.0 Å². The number of fused-ring (bicyclic) bond motifs is 1. The van der Waals surface area contributed by atoms with E-state index in [9.17, 15) is 0 Å². The predicted octanol–water partition coefficient (Wildman–Crippen LogP) is 5.28. The lowest BCUT2D eigenvalue weighted by Crippen LogP contribution is -2.08. The number of imidazole rings is 1. The molecule has 0 aliphatic rings. The molecule has 0 atom stereocenters. The molecular formula is C23H22N2O. The number of aryl methyl sites for hydroxylation is 2. The molecule has 4 aromatic rings. The van der Waals surface area contributed by atoms with Crippen LogP contribution in [0.1, 0.15) is 22.5 Å². The molecule has 0 N–H and O–H groups in total. The quantitative estimate of drug-likeness (QED) is 0.493. The monoisotopic (exact) mass is 342 g/mol. The largest absolute Gasteiger partial charge is 0.485 e. The topological polar surface area (TPSA) is 27.1 Å². The van der Waals surface area contributed by atoms with Gasteiger partial charge in [-0.15, -0.1) is 0 Å². The van der Waals surface area contributed by atoms with Gasteiger partial charge in [0.05, 0.1) is 11.0 Å². The first kappa shape index (κ1) is 16.4. The molecule has 3 heteroatoms. The van der Waals surface area contributed by atoms with Crippen molar-refractivity contribution in [3.05, 3.63) is 95.3 Å². The highest BCUT2D eigenvalue weighted by Gasteiger charge is 2.12. The zero-order chi connectivity index (χ0) is 17.9. The van der Waals surface area contributed by atoms with E-state index in [0.29, 0.717) is 6.61 Å². The molecule has 0 spiro atoms. The molecule has 130 valence electrons. The van der Waals surface area contributed by atoms with E-state index in [4.69, 9.17) is 9.72 Å². The molecule has 0 saturated carbocycles. The van der Waals surface area contributed by atoms with E-state index in [1.54, 1.807) is 0 Å². The van der Waals surface area contributed by atoms with Crippen molar-refractivity contribution in [2.75, 3.05) is 0 Å². The van der Waals surface area contributed by atoms with Crippen molar-refractivity contribution in [3.8, 4) is 5.75 Å². The molecule has 0 bridgehead atoms. The van der Waals surface area contributed by atoms with Gasteiger partial charge < -0.3 is 9.30 Å². The van der Waals surface area contributed by atoms with E-state index >= 15 is 0 Å². The minimum atomic E-state index is 0.450. The molecule has 0 unspecified atom stereocenters. The van der Waals surface area contributed by atoms with Gasteiger partial charge in [0.2, 0.25) is 0 Å². The van der Waals surface area contributed by atoms with E-state index in [1.807, 2.05) is 18.2 Å². The second-order valence-electron chi connectivity index (χ2n) is 6.65. The van der Waals surface area contributed by atoms with E-state index < -0.39 is 0 Å². The van der Waals surface area contributed by atoms with Gasteiger partial charge in [0.25, 0.3) is 0 Å². The second kappa shape index (κ2) is 7.04. The summed E-state index contributed by atoms with van der Waals surface area (Å²) in [6.45, 7) is 5.41. The van der Waals surface area contributed by atoms with Crippen LogP contribution in [0.4, 0.5) is 0 Å². The van der Waals surface area contributed by atoms with Crippen molar-refractivity contribution >= 4 is 11.0 Å². The van der Waals surface area contributed by atoms with Gasteiger partial charge in [-0.3, -0.25) is 0 Å². The van der Waals surface area contributed by atoms with Crippen molar-refractivity contribution < 1.29 is 4.74 Å². The van der Waals surface area contributed by atoms with Crippen LogP contribution in [0.2, 0.25) is 0 Å².